The van der Waals surface area contributed by atoms with E-state index in [0.29, 0.717) is 6.42 Å². The fraction of sp³-hybridized carbons (Fsp3) is 0.625. The minimum Gasteiger partial charge on any atom is -0.313 e. The molecule has 1 aliphatic heterocycles. The van der Waals surface area contributed by atoms with Crippen molar-refractivity contribution in [2.24, 2.45) is 0 Å². The Hall–Kier alpha value is -1.04. The van der Waals surface area contributed by atoms with Crippen molar-refractivity contribution in [1.29, 1.82) is 0 Å². The van der Waals surface area contributed by atoms with Crippen LogP contribution in [0.25, 0.3) is 0 Å². The van der Waals surface area contributed by atoms with Crippen LogP contribution in [0.3, 0.4) is 0 Å². The second kappa shape index (κ2) is 3.27. The smallest absolute Gasteiger partial charge is 0.313 e. The zero-order chi connectivity index (χ0) is 10.2. The average molecular weight is 216 g/mol. The van der Waals surface area contributed by atoms with E-state index in [4.69, 9.17) is 0 Å². The summed E-state index contributed by atoms with van der Waals surface area (Å²) >= 11 is 0. The lowest BCUT2D eigenvalue weighted by molar-refractivity contribution is 0.461. The first-order valence-corrected chi connectivity index (χ1v) is 6.36. The molecule has 0 bridgehead atoms. The monoisotopic (exact) mass is 216 g/mol. The Balaban J connectivity index is 2.29. The van der Waals surface area contributed by atoms with Crippen LogP contribution in [-0.4, -0.2) is 29.5 Å². The molecule has 6 heteroatoms. The van der Waals surface area contributed by atoms with Crippen molar-refractivity contribution in [2.75, 3.05) is 11.5 Å². The van der Waals surface area contributed by atoms with Gasteiger partial charge >= 0.3 is 5.69 Å². The van der Waals surface area contributed by atoms with Gasteiger partial charge in [0.1, 0.15) is 0 Å². The summed E-state index contributed by atoms with van der Waals surface area (Å²) in [6.45, 7) is 0. The van der Waals surface area contributed by atoms with Crippen molar-refractivity contribution in [1.82, 2.24) is 9.55 Å². The lowest BCUT2D eigenvalue weighted by Gasteiger charge is -2.22. The van der Waals surface area contributed by atoms with Gasteiger partial charge in [-0.15, -0.1) is 0 Å². The van der Waals surface area contributed by atoms with E-state index in [1.165, 1.54) is 10.8 Å². The normalized spacial score (nSPS) is 26.1. The van der Waals surface area contributed by atoms with E-state index < -0.39 is 9.84 Å². The highest BCUT2D eigenvalue weighted by atomic mass is 32.2. The summed E-state index contributed by atoms with van der Waals surface area (Å²) in [6, 6.07) is -0.188. The van der Waals surface area contributed by atoms with Crippen molar-refractivity contribution in [3.8, 4) is 0 Å². The van der Waals surface area contributed by atoms with Gasteiger partial charge in [0.05, 0.1) is 17.5 Å². The van der Waals surface area contributed by atoms with Gasteiger partial charge in [-0.25, -0.2) is 13.2 Å². The molecule has 0 radical (unpaired) electrons. The summed E-state index contributed by atoms with van der Waals surface area (Å²) in [5.41, 5.74) is -0.230. The van der Waals surface area contributed by atoms with Crippen LogP contribution in [0.2, 0.25) is 0 Å². The summed E-state index contributed by atoms with van der Waals surface area (Å²) in [6.07, 6.45) is 4.54. The first kappa shape index (κ1) is 9.51. The van der Waals surface area contributed by atoms with E-state index in [0.717, 1.165) is 6.42 Å². The predicted octanol–water partition coefficient (Wildman–Crippen LogP) is -0.0739. The Bertz CT molecular complexity index is 471. The van der Waals surface area contributed by atoms with Gasteiger partial charge in [0.25, 0.3) is 0 Å². The Morgan fingerprint density at radius 1 is 1.50 bits per heavy atom. The number of aromatic amines is 1. The molecule has 0 spiro atoms. The standard InChI is InChI=1S/C8H12N2O3S/c11-8-9-3-4-10(8)7-2-1-5-14(12,13)6-7/h3-4,7H,1-2,5-6H2,(H,9,11). The number of hydrogen-bond acceptors (Lipinski definition) is 3. The SMILES string of the molecule is O=c1[nH]ccn1C1CCCS(=O)(=O)C1. The van der Waals surface area contributed by atoms with Gasteiger partial charge in [0.2, 0.25) is 0 Å². The van der Waals surface area contributed by atoms with Crippen LogP contribution in [0.4, 0.5) is 0 Å². The summed E-state index contributed by atoms with van der Waals surface area (Å²) < 4.78 is 24.2. The van der Waals surface area contributed by atoms with Crippen LogP contribution in [0.15, 0.2) is 17.2 Å². The molecule has 78 valence electrons. The molecule has 1 aromatic rings. The molecule has 14 heavy (non-hydrogen) atoms. The number of H-pyrrole nitrogens is 1. The molecule has 1 saturated heterocycles. The molecule has 1 unspecified atom stereocenters. The topological polar surface area (TPSA) is 71.9 Å². The molecule has 2 heterocycles. The van der Waals surface area contributed by atoms with E-state index in [9.17, 15) is 13.2 Å². The molecule has 0 aliphatic carbocycles. The molecule has 1 N–H and O–H groups in total. The first-order chi connectivity index (χ1) is 6.58. The first-order valence-electron chi connectivity index (χ1n) is 4.54. The average Bonchev–Trinajstić information content (AvgIpc) is 2.49. The van der Waals surface area contributed by atoms with E-state index >= 15 is 0 Å². The summed E-state index contributed by atoms with van der Waals surface area (Å²) in [5, 5.41) is 0. The molecule has 0 amide bonds. The maximum atomic E-state index is 11.3. The molecule has 1 fully saturated rings. The van der Waals surface area contributed by atoms with Gasteiger partial charge in [-0.05, 0) is 12.8 Å². The van der Waals surface area contributed by atoms with Gasteiger partial charge in [-0.2, -0.15) is 0 Å². The zero-order valence-electron chi connectivity index (χ0n) is 7.64. The third kappa shape index (κ3) is 1.75. The van der Waals surface area contributed by atoms with Crippen molar-refractivity contribution >= 4 is 9.84 Å². The maximum Gasteiger partial charge on any atom is 0.325 e. The van der Waals surface area contributed by atoms with E-state index in [1.54, 1.807) is 6.20 Å². The second-order valence-electron chi connectivity index (χ2n) is 3.58. The summed E-state index contributed by atoms with van der Waals surface area (Å²) in [4.78, 5) is 13.7. The molecule has 5 nitrogen and oxygen atoms in total. The van der Waals surface area contributed by atoms with Crippen molar-refractivity contribution in [3.63, 3.8) is 0 Å². The number of rotatable bonds is 1. The van der Waals surface area contributed by atoms with Crippen LogP contribution >= 0.6 is 0 Å². The van der Waals surface area contributed by atoms with Gasteiger partial charge in [0.15, 0.2) is 9.84 Å². The number of hydrogen-bond donors (Lipinski definition) is 1. The third-order valence-corrected chi connectivity index (χ3v) is 4.31. The number of nitrogens with zero attached hydrogens (tertiary/aromatic N) is 1. The quantitative estimate of drug-likeness (QED) is 0.714. The summed E-state index contributed by atoms with van der Waals surface area (Å²) in [5.74, 6) is 0.341. The number of imidazole rings is 1. The second-order valence-corrected chi connectivity index (χ2v) is 5.81. The lowest BCUT2D eigenvalue weighted by atomic mass is 10.2. The molecule has 1 aliphatic rings. The van der Waals surface area contributed by atoms with E-state index in [2.05, 4.69) is 4.98 Å². The molecule has 1 aromatic heterocycles. The van der Waals surface area contributed by atoms with Gasteiger partial charge < -0.3 is 4.98 Å². The predicted molar refractivity (Wildman–Crippen MR) is 52.0 cm³/mol. The number of sulfone groups is 1. The molecule has 0 aromatic carbocycles. The highest BCUT2D eigenvalue weighted by molar-refractivity contribution is 7.91. The number of nitrogens with one attached hydrogen (secondary N) is 1. The highest BCUT2D eigenvalue weighted by Crippen LogP contribution is 2.21. The Morgan fingerprint density at radius 3 is 2.86 bits per heavy atom. The largest absolute Gasteiger partial charge is 0.325 e. The fourth-order valence-electron chi connectivity index (χ4n) is 1.84. The van der Waals surface area contributed by atoms with Crippen LogP contribution < -0.4 is 5.69 Å². The minimum absolute atomic E-state index is 0.0881. The Labute approximate surface area is 81.7 Å². The number of aromatic nitrogens is 2. The molecular weight excluding hydrogens is 204 g/mol. The van der Waals surface area contributed by atoms with Crippen LogP contribution in [-0.2, 0) is 9.84 Å². The van der Waals surface area contributed by atoms with Crippen LogP contribution in [0.5, 0.6) is 0 Å². The van der Waals surface area contributed by atoms with Crippen LogP contribution in [0.1, 0.15) is 18.9 Å². The van der Waals surface area contributed by atoms with Gasteiger partial charge in [-0.3, -0.25) is 4.57 Å². The minimum atomic E-state index is -2.95. The Morgan fingerprint density at radius 2 is 2.29 bits per heavy atom. The van der Waals surface area contributed by atoms with Gasteiger partial charge in [0, 0.05) is 12.4 Å². The zero-order valence-corrected chi connectivity index (χ0v) is 8.46. The Kier molecular flexibility index (Phi) is 2.22. The van der Waals surface area contributed by atoms with Crippen LogP contribution in [0, 0.1) is 0 Å². The van der Waals surface area contributed by atoms with Crippen molar-refractivity contribution in [3.05, 3.63) is 22.9 Å². The van der Waals surface area contributed by atoms with Crippen molar-refractivity contribution < 1.29 is 8.42 Å². The molecular formula is C8H12N2O3S. The van der Waals surface area contributed by atoms with Gasteiger partial charge in [-0.1, -0.05) is 0 Å². The fourth-order valence-corrected chi connectivity index (χ4v) is 3.52. The third-order valence-electron chi connectivity index (χ3n) is 2.51. The molecule has 0 saturated carbocycles. The summed E-state index contributed by atoms with van der Waals surface area (Å²) in [7, 11) is -2.95. The van der Waals surface area contributed by atoms with E-state index in [-0.39, 0.29) is 23.2 Å². The van der Waals surface area contributed by atoms with E-state index in [1.807, 2.05) is 0 Å². The molecule has 2 rings (SSSR count). The lowest BCUT2D eigenvalue weighted by Crippen LogP contribution is -2.32. The molecule has 1 atom stereocenters. The highest BCUT2D eigenvalue weighted by Gasteiger charge is 2.26. The van der Waals surface area contributed by atoms with Crippen molar-refractivity contribution in [2.45, 2.75) is 18.9 Å². The maximum absolute atomic E-state index is 11.3.